The number of aromatic nitrogens is 3. The summed E-state index contributed by atoms with van der Waals surface area (Å²) < 4.78 is 0. The molecule has 1 atom stereocenters. The van der Waals surface area contributed by atoms with Crippen LogP contribution in [-0.2, 0) is 28.3 Å². The Morgan fingerprint density at radius 2 is 1.71 bits per heavy atom. The molecule has 3 saturated heterocycles. The minimum absolute atomic E-state index is 0.205. The number of hydrogen-bond acceptors (Lipinski definition) is 11. The van der Waals surface area contributed by atoms with E-state index in [1.807, 2.05) is 48.7 Å². The van der Waals surface area contributed by atoms with Crippen LogP contribution in [0.2, 0.25) is 0 Å². The molecule has 0 spiro atoms. The van der Waals surface area contributed by atoms with Crippen molar-refractivity contribution in [1.29, 1.82) is 5.26 Å². The first kappa shape index (κ1) is 38.1. The number of imide groups is 1. The number of aliphatic hydroxyl groups is 1. The largest absolute Gasteiger partial charge is 0.385 e. The van der Waals surface area contributed by atoms with E-state index in [1.165, 1.54) is 16.8 Å². The Labute approximate surface area is 342 Å². The molecule has 3 aromatic carbocycles. The maximum absolute atomic E-state index is 13.2. The number of nitrogens with zero attached hydrogens (tertiary/aromatic N) is 7. The number of hydrogen-bond donors (Lipinski definition) is 3. The molecule has 3 N–H and O–H groups in total. The molecule has 1 unspecified atom stereocenters. The van der Waals surface area contributed by atoms with Crippen LogP contribution in [-0.4, -0.2) is 79.8 Å². The number of carbonyl (C=O) groups excluding carboxylic acids is 3. The van der Waals surface area contributed by atoms with Gasteiger partial charge in [0.2, 0.25) is 17.8 Å². The Morgan fingerprint density at radius 3 is 2.46 bits per heavy atom. The van der Waals surface area contributed by atoms with Crippen molar-refractivity contribution in [1.82, 2.24) is 30.1 Å². The molecule has 6 heterocycles. The van der Waals surface area contributed by atoms with Crippen LogP contribution in [0.25, 0.3) is 11.3 Å². The summed E-state index contributed by atoms with van der Waals surface area (Å²) in [5.74, 6) is 0.622. The van der Waals surface area contributed by atoms with E-state index in [0.717, 1.165) is 67.9 Å². The van der Waals surface area contributed by atoms with Gasteiger partial charge in [0.25, 0.3) is 5.91 Å². The first-order chi connectivity index (χ1) is 28.7. The Bertz CT molecular complexity index is 2430. The predicted octanol–water partition coefficient (Wildman–Crippen LogP) is 5.78. The van der Waals surface area contributed by atoms with Gasteiger partial charge in [0.05, 0.1) is 22.9 Å². The molecule has 4 aliphatic rings. The molecule has 298 valence electrons. The molecule has 4 aliphatic heterocycles. The summed E-state index contributed by atoms with van der Waals surface area (Å²) in [6.07, 6.45) is 7.44. The third-order valence-corrected chi connectivity index (χ3v) is 12.4. The van der Waals surface area contributed by atoms with Crippen molar-refractivity contribution in [2.24, 2.45) is 0 Å². The summed E-state index contributed by atoms with van der Waals surface area (Å²) in [5.41, 5.74) is 7.05. The van der Waals surface area contributed by atoms with Crippen LogP contribution in [0.3, 0.4) is 0 Å². The summed E-state index contributed by atoms with van der Waals surface area (Å²) in [6.45, 7) is 4.53. The molecule has 13 nitrogen and oxygen atoms in total. The Kier molecular flexibility index (Phi) is 10.3. The van der Waals surface area contributed by atoms with Crippen LogP contribution >= 0.6 is 0 Å². The lowest BCUT2D eigenvalue weighted by atomic mass is 9.83. The third-order valence-electron chi connectivity index (χ3n) is 12.4. The fourth-order valence-corrected chi connectivity index (χ4v) is 8.94. The molecule has 0 aliphatic carbocycles. The van der Waals surface area contributed by atoms with E-state index in [1.54, 1.807) is 23.2 Å². The summed E-state index contributed by atoms with van der Waals surface area (Å²) in [7, 11) is 0. The topological polar surface area (TPSA) is 168 Å². The maximum Gasteiger partial charge on any atom is 0.255 e. The lowest BCUT2D eigenvalue weighted by Crippen LogP contribution is -2.52. The number of nitriles is 1. The summed E-state index contributed by atoms with van der Waals surface area (Å²) in [5, 5.41) is 26.6. The van der Waals surface area contributed by atoms with Crippen LogP contribution < -0.4 is 15.5 Å². The zero-order chi connectivity index (χ0) is 40.5. The van der Waals surface area contributed by atoms with Gasteiger partial charge in [-0.15, -0.1) is 0 Å². The molecule has 9 rings (SSSR count). The Morgan fingerprint density at radius 1 is 0.898 bits per heavy atom. The van der Waals surface area contributed by atoms with E-state index in [0.29, 0.717) is 54.6 Å². The summed E-state index contributed by atoms with van der Waals surface area (Å²) >= 11 is 0. The van der Waals surface area contributed by atoms with Crippen molar-refractivity contribution < 1.29 is 19.5 Å². The number of anilines is 3. The number of amides is 3. The van der Waals surface area contributed by atoms with Gasteiger partial charge in [-0.05, 0) is 103 Å². The predicted molar refractivity (Wildman–Crippen MR) is 221 cm³/mol. The van der Waals surface area contributed by atoms with Gasteiger partial charge in [-0.1, -0.05) is 42.5 Å². The van der Waals surface area contributed by atoms with Gasteiger partial charge in [-0.3, -0.25) is 24.6 Å². The van der Waals surface area contributed by atoms with Crippen LogP contribution in [0.15, 0.2) is 97.3 Å². The number of carbonyl (C=O) groups is 3. The van der Waals surface area contributed by atoms with E-state index in [2.05, 4.69) is 71.8 Å². The van der Waals surface area contributed by atoms with Gasteiger partial charge in [0.15, 0.2) is 0 Å². The minimum atomic E-state index is -0.989. The van der Waals surface area contributed by atoms with Gasteiger partial charge in [-0.25, -0.2) is 15.0 Å². The second-order valence-corrected chi connectivity index (χ2v) is 16.1. The summed E-state index contributed by atoms with van der Waals surface area (Å²) in [4.78, 5) is 57.3. The van der Waals surface area contributed by atoms with Crippen molar-refractivity contribution in [2.45, 2.75) is 69.2 Å². The fraction of sp³-hybridized carbons (Fsp3) is 0.326. The van der Waals surface area contributed by atoms with Gasteiger partial charge < -0.3 is 20.2 Å². The molecular weight excluding hydrogens is 743 g/mol. The van der Waals surface area contributed by atoms with Crippen LogP contribution in [0.5, 0.6) is 0 Å². The highest BCUT2D eigenvalue weighted by atomic mass is 16.3. The van der Waals surface area contributed by atoms with E-state index in [-0.39, 0.29) is 18.2 Å². The molecule has 5 aromatic rings. The molecule has 59 heavy (non-hydrogen) atoms. The second kappa shape index (κ2) is 16.0. The molecule has 2 aromatic heterocycles. The SMILES string of the molecule is N#Cc1cccc(-c2ccnc(Nc3ccc(C4CCN(c5ccc(CN6CCC(O)(c7ccc8c(c7)CN(C7CCC(=O)NC7=O)C8=O)CC6)cc5)CC4)cn3)n2)c1. The van der Waals surface area contributed by atoms with Gasteiger partial charge in [0.1, 0.15) is 11.9 Å². The van der Waals surface area contributed by atoms with E-state index >= 15 is 0 Å². The fourth-order valence-electron chi connectivity index (χ4n) is 8.94. The maximum atomic E-state index is 13.2. The lowest BCUT2D eigenvalue weighted by molar-refractivity contribution is -0.136. The minimum Gasteiger partial charge on any atom is -0.385 e. The molecule has 0 saturated carbocycles. The van der Waals surface area contributed by atoms with Crippen molar-refractivity contribution in [3.8, 4) is 17.3 Å². The van der Waals surface area contributed by atoms with E-state index in [4.69, 9.17) is 0 Å². The van der Waals surface area contributed by atoms with Crippen LogP contribution in [0.1, 0.15) is 82.6 Å². The smallest absolute Gasteiger partial charge is 0.255 e. The monoisotopic (exact) mass is 787 g/mol. The number of nitrogens with one attached hydrogen (secondary N) is 2. The van der Waals surface area contributed by atoms with Crippen molar-refractivity contribution >= 4 is 35.2 Å². The Balaban J connectivity index is 0.741. The van der Waals surface area contributed by atoms with E-state index in [9.17, 15) is 24.8 Å². The zero-order valence-electron chi connectivity index (χ0n) is 32.7. The average Bonchev–Trinajstić information content (AvgIpc) is 3.60. The van der Waals surface area contributed by atoms with Gasteiger partial charge in [-0.2, -0.15) is 5.26 Å². The number of rotatable bonds is 9. The average molecular weight is 788 g/mol. The highest BCUT2D eigenvalue weighted by Gasteiger charge is 2.41. The van der Waals surface area contributed by atoms with Crippen LogP contribution in [0.4, 0.5) is 17.5 Å². The molecular formula is C46H45N9O4. The Hall–Kier alpha value is -6.49. The van der Waals surface area contributed by atoms with E-state index < -0.39 is 17.6 Å². The number of pyridine rings is 1. The lowest BCUT2D eigenvalue weighted by Gasteiger charge is -2.39. The molecule has 3 fully saturated rings. The molecule has 0 radical (unpaired) electrons. The standard InChI is InChI=1S/C46H45N9O4/c47-26-31-2-1-3-33(24-31)39-14-19-48-45(50-39)51-41-12-6-34(27-49-41)32-15-20-54(21-16-32)37-8-4-30(5-9-37)28-53-22-17-46(59,18-23-53)36-7-10-38-35(25-36)29-55(44(38)58)40-11-13-42(56)52-43(40)57/h1-10,12,14,19,24-25,27,32,40,59H,11,13,15-18,20-23,28-29H2,(H,52,56,57)(H,48,49,50,51). The highest BCUT2D eigenvalue weighted by Crippen LogP contribution is 2.37. The number of likely N-dealkylation sites (tertiary alicyclic amines) is 1. The first-order valence-electron chi connectivity index (χ1n) is 20.3. The highest BCUT2D eigenvalue weighted by molar-refractivity contribution is 6.05. The third kappa shape index (κ3) is 8.02. The van der Waals surface area contributed by atoms with Crippen molar-refractivity contribution in [3.63, 3.8) is 0 Å². The van der Waals surface area contributed by atoms with Gasteiger partial charge >= 0.3 is 0 Å². The molecule has 13 heteroatoms. The van der Waals surface area contributed by atoms with Crippen LogP contribution in [0, 0.1) is 11.3 Å². The molecule has 3 amide bonds. The van der Waals surface area contributed by atoms with Crippen molar-refractivity contribution in [3.05, 3.63) is 131 Å². The van der Waals surface area contributed by atoms with Gasteiger partial charge in [0, 0.05) is 74.9 Å². The molecule has 0 bridgehead atoms. The zero-order valence-corrected chi connectivity index (χ0v) is 32.7. The number of piperidine rings is 3. The first-order valence-corrected chi connectivity index (χ1v) is 20.3. The normalized spacial score (nSPS) is 19.6. The number of fused-ring (bicyclic) bond motifs is 1. The summed E-state index contributed by atoms with van der Waals surface area (Å²) in [6, 6.07) is 29.2. The number of benzene rings is 3. The second-order valence-electron chi connectivity index (χ2n) is 16.1. The van der Waals surface area contributed by atoms with Crippen molar-refractivity contribution in [2.75, 3.05) is 36.4 Å². The quantitative estimate of drug-likeness (QED) is 0.155.